The first-order valence-corrected chi connectivity index (χ1v) is 6.11. The van der Waals surface area contributed by atoms with Crippen LogP contribution in [0.3, 0.4) is 0 Å². The fraction of sp³-hybridized carbons (Fsp3) is 0.125. The zero-order valence-corrected chi connectivity index (χ0v) is 9.15. The lowest BCUT2D eigenvalue weighted by atomic mass is 10.3. The monoisotopic (exact) mass is 230 g/mol. The average Bonchev–Trinajstić information content (AvgIpc) is 2.02. The summed E-state index contributed by atoms with van der Waals surface area (Å²) in [6, 6.07) is 9.08. The first kappa shape index (κ1) is 10.9. The van der Waals surface area contributed by atoms with Crippen molar-refractivity contribution in [2.45, 2.75) is 0 Å². The Labute approximate surface area is 88.4 Å². The van der Waals surface area contributed by atoms with E-state index in [4.69, 9.17) is 12.2 Å². The predicted molar refractivity (Wildman–Crippen MR) is 60.6 cm³/mol. The molecule has 1 aromatic rings. The van der Waals surface area contributed by atoms with Crippen molar-refractivity contribution < 1.29 is 8.42 Å². The van der Waals surface area contributed by atoms with Crippen LogP contribution in [0.5, 0.6) is 0 Å². The van der Waals surface area contributed by atoms with Gasteiger partial charge in [0.05, 0.1) is 6.26 Å². The van der Waals surface area contributed by atoms with Gasteiger partial charge in [0, 0.05) is 5.69 Å². The minimum Gasteiger partial charge on any atom is -0.332 e. The Morgan fingerprint density at radius 1 is 1.29 bits per heavy atom. The summed E-state index contributed by atoms with van der Waals surface area (Å²) in [6.45, 7) is 0. The van der Waals surface area contributed by atoms with Crippen molar-refractivity contribution in [2.75, 3.05) is 11.6 Å². The van der Waals surface area contributed by atoms with E-state index < -0.39 is 10.0 Å². The standard InChI is InChI=1S/C8H10N2O2S2/c1-14(11,12)10-8(13)9-7-5-3-2-4-6-7/h2-6H,1H3,(H2,9,10,13). The van der Waals surface area contributed by atoms with Crippen LogP contribution in [0.4, 0.5) is 5.69 Å². The van der Waals surface area contributed by atoms with Crippen molar-refractivity contribution >= 4 is 33.0 Å². The first-order valence-electron chi connectivity index (χ1n) is 3.81. The quantitative estimate of drug-likeness (QED) is 0.742. The molecule has 6 heteroatoms. The van der Waals surface area contributed by atoms with Gasteiger partial charge in [0.25, 0.3) is 0 Å². The van der Waals surface area contributed by atoms with E-state index in [9.17, 15) is 8.42 Å². The molecule has 4 nitrogen and oxygen atoms in total. The lowest BCUT2D eigenvalue weighted by Gasteiger charge is -2.07. The van der Waals surface area contributed by atoms with Gasteiger partial charge in [0.2, 0.25) is 10.0 Å². The molecule has 0 atom stereocenters. The highest BCUT2D eigenvalue weighted by atomic mass is 32.2. The Bertz CT molecular complexity index is 414. The fourth-order valence-electron chi connectivity index (χ4n) is 0.846. The SMILES string of the molecule is CS(=O)(=O)NC(=S)Nc1ccccc1. The van der Waals surface area contributed by atoms with Crippen LogP contribution < -0.4 is 10.0 Å². The van der Waals surface area contributed by atoms with Gasteiger partial charge in [-0.15, -0.1) is 0 Å². The molecule has 0 unspecified atom stereocenters. The van der Waals surface area contributed by atoms with E-state index in [0.29, 0.717) is 0 Å². The Morgan fingerprint density at radius 2 is 1.86 bits per heavy atom. The van der Waals surface area contributed by atoms with Gasteiger partial charge >= 0.3 is 0 Å². The number of anilines is 1. The van der Waals surface area contributed by atoms with E-state index in [-0.39, 0.29) is 5.11 Å². The first-order chi connectivity index (χ1) is 6.47. The third-order valence-electron chi connectivity index (χ3n) is 1.31. The summed E-state index contributed by atoms with van der Waals surface area (Å²) in [5, 5.41) is 2.81. The zero-order valence-electron chi connectivity index (χ0n) is 7.52. The largest absolute Gasteiger partial charge is 0.332 e. The summed E-state index contributed by atoms with van der Waals surface area (Å²) >= 11 is 4.78. The molecule has 0 aliphatic carbocycles. The molecule has 0 amide bonds. The average molecular weight is 230 g/mol. The number of nitrogens with one attached hydrogen (secondary N) is 2. The topological polar surface area (TPSA) is 58.2 Å². The Kier molecular flexibility index (Phi) is 3.43. The second-order valence-corrected chi connectivity index (χ2v) is 4.85. The molecule has 1 aromatic carbocycles. The van der Waals surface area contributed by atoms with E-state index >= 15 is 0 Å². The maximum absolute atomic E-state index is 10.8. The van der Waals surface area contributed by atoms with Crippen molar-refractivity contribution in [3.05, 3.63) is 30.3 Å². The number of hydrogen-bond acceptors (Lipinski definition) is 3. The van der Waals surface area contributed by atoms with Crippen molar-refractivity contribution in [1.29, 1.82) is 0 Å². The molecular formula is C8H10N2O2S2. The molecule has 0 saturated heterocycles. The van der Waals surface area contributed by atoms with Crippen LogP contribution in [0.25, 0.3) is 0 Å². The minimum absolute atomic E-state index is 0.0682. The summed E-state index contributed by atoms with van der Waals surface area (Å²) in [7, 11) is -3.30. The van der Waals surface area contributed by atoms with Crippen molar-refractivity contribution in [1.82, 2.24) is 4.72 Å². The molecule has 14 heavy (non-hydrogen) atoms. The van der Waals surface area contributed by atoms with Gasteiger partial charge < -0.3 is 5.32 Å². The maximum Gasteiger partial charge on any atom is 0.231 e. The van der Waals surface area contributed by atoms with Crippen LogP contribution in [0, 0.1) is 0 Å². The van der Waals surface area contributed by atoms with Gasteiger partial charge in [0.1, 0.15) is 0 Å². The van der Waals surface area contributed by atoms with Gasteiger partial charge in [-0.25, -0.2) is 8.42 Å². The highest BCUT2D eigenvalue weighted by molar-refractivity contribution is 7.91. The van der Waals surface area contributed by atoms with Crippen LogP contribution in [-0.2, 0) is 10.0 Å². The number of rotatable bonds is 2. The van der Waals surface area contributed by atoms with Crippen LogP contribution in [0.2, 0.25) is 0 Å². The second kappa shape index (κ2) is 4.39. The van der Waals surface area contributed by atoms with Crippen molar-refractivity contribution in [3.8, 4) is 0 Å². The molecule has 0 fully saturated rings. The highest BCUT2D eigenvalue weighted by Gasteiger charge is 2.03. The molecule has 0 aliphatic rings. The lowest BCUT2D eigenvalue weighted by molar-refractivity contribution is 0.599. The smallest absolute Gasteiger partial charge is 0.231 e. The van der Waals surface area contributed by atoms with Crippen LogP contribution in [0.15, 0.2) is 30.3 Å². The van der Waals surface area contributed by atoms with Crippen molar-refractivity contribution in [3.63, 3.8) is 0 Å². The summed E-state index contributed by atoms with van der Waals surface area (Å²) in [5.74, 6) is 0. The minimum atomic E-state index is -3.30. The van der Waals surface area contributed by atoms with Gasteiger partial charge in [-0.3, -0.25) is 4.72 Å². The molecule has 76 valence electrons. The summed E-state index contributed by atoms with van der Waals surface area (Å²) in [6.07, 6.45) is 1.05. The van der Waals surface area contributed by atoms with Gasteiger partial charge in [-0.05, 0) is 24.4 Å². The number of para-hydroxylation sites is 1. The summed E-state index contributed by atoms with van der Waals surface area (Å²) in [5.41, 5.74) is 0.744. The van der Waals surface area contributed by atoms with Gasteiger partial charge in [0.15, 0.2) is 5.11 Å². The van der Waals surface area contributed by atoms with Crippen molar-refractivity contribution in [2.24, 2.45) is 0 Å². The molecule has 0 aromatic heterocycles. The molecule has 1 rings (SSSR count). The fourth-order valence-corrected chi connectivity index (χ4v) is 1.81. The van der Waals surface area contributed by atoms with Gasteiger partial charge in [-0.2, -0.15) is 0 Å². The van der Waals surface area contributed by atoms with E-state index in [1.54, 1.807) is 12.1 Å². The third kappa shape index (κ3) is 4.20. The third-order valence-corrected chi connectivity index (χ3v) is 2.22. The number of sulfonamides is 1. The number of benzene rings is 1. The summed E-state index contributed by atoms with van der Waals surface area (Å²) < 4.78 is 23.7. The Morgan fingerprint density at radius 3 is 2.36 bits per heavy atom. The normalized spacial score (nSPS) is 10.6. The summed E-state index contributed by atoms with van der Waals surface area (Å²) in [4.78, 5) is 0. The zero-order chi connectivity index (χ0) is 10.6. The molecule has 0 bridgehead atoms. The van der Waals surface area contributed by atoms with Crippen LogP contribution in [-0.4, -0.2) is 19.8 Å². The van der Waals surface area contributed by atoms with E-state index in [1.165, 1.54) is 0 Å². The van der Waals surface area contributed by atoms with E-state index in [2.05, 4.69) is 10.0 Å². The van der Waals surface area contributed by atoms with Crippen LogP contribution >= 0.6 is 12.2 Å². The molecule has 0 radical (unpaired) electrons. The molecular weight excluding hydrogens is 220 g/mol. The molecule has 2 N–H and O–H groups in total. The number of hydrogen-bond donors (Lipinski definition) is 2. The number of thiocarbonyl (C=S) groups is 1. The van der Waals surface area contributed by atoms with Crippen LogP contribution in [0.1, 0.15) is 0 Å². The molecule has 0 aliphatic heterocycles. The van der Waals surface area contributed by atoms with E-state index in [1.807, 2.05) is 18.2 Å². The Hall–Kier alpha value is -1.14. The lowest BCUT2D eigenvalue weighted by Crippen LogP contribution is -2.33. The highest BCUT2D eigenvalue weighted by Crippen LogP contribution is 2.04. The maximum atomic E-state index is 10.8. The molecule has 0 heterocycles. The molecule has 0 spiro atoms. The van der Waals surface area contributed by atoms with Gasteiger partial charge in [-0.1, -0.05) is 18.2 Å². The molecule has 0 saturated carbocycles. The predicted octanol–water partition coefficient (Wildman–Crippen LogP) is 0.933. The Balaban J connectivity index is 2.59. The second-order valence-electron chi connectivity index (χ2n) is 2.69. The van der Waals surface area contributed by atoms with E-state index in [0.717, 1.165) is 11.9 Å².